The molecule has 0 aliphatic rings. The zero-order valence-corrected chi connectivity index (χ0v) is 16.2. The molecule has 0 aliphatic carbocycles. The molecule has 0 radical (unpaired) electrons. The topological polar surface area (TPSA) is 93.7 Å². The van der Waals surface area contributed by atoms with Gasteiger partial charge in [0.2, 0.25) is 15.9 Å². The molecule has 27 heavy (non-hydrogen) atoms. The summed E-state index contributed by atoms with van der Waals surface area (Å²) in [5, 5.41) is 2.74. The Morgan fingerprint density at radius 3 is 2.56 bits per heavy atom. The number of sulfonamides is 1. The highest BCUT2D eigenvalue weighted by Gasteiger charge is 2.17. The van der Waals surface area contributed by atoms with Gasteiger partial charge >= 0.3 is 0 Å². The van der Waals surface area contributed by atoms with Crippen LogP contribution in [0.5, 0.6) is 11.5 Å². The molecule has 7 nitrogen and oxygen atoms in total. The molecule has 2 N–H and O–H groups in total. The first-order valence-corrected chi connectivity index (χ1v) is 9.72. The summed E-state index contributed by atoms with van der Waals surface area (Å²) < 4.78 is 37.0. The zero-order chi connectivity index (χ0) is 19.9. The van der Waals surface area contributed by atoms with Gasteiger partial charge in [-0.05, 0) is 49.9 Å². The third-order valence-electron chi connectivity index (χ3n) is 3.62. The van der Waals surface area contributed by atoms with E-state index in [4.69, 9.17) is 9.47 Å². The summed E-state index contributed by atoms with van der Waals surface area (Å²) in [6.07, 6.45) is 2.84. The number of carbonyl (C=O) groups is 1. The van der Waals surface area contributed by atoms with Crippen LogP contribution in [0.2, 0.25) is 0 Å². The van der Waals surface area contributed by atoms with Crippen LogP contribution in [0, 0.1) is 0 Å². The quantitative estimate of drug-likeness (QED) is 0.676. The largest absolute Gasteiger partial charge is 0.495 e. The summed E-state index contributed by atoms with van der Waals surface area (Å²) in [7, 11) is -0.977. The van der Waals surface area contributed by atoms with Gasteiger partial charge in [-0.25, -0.2) is 13.1 Å². The van der Waals surface area contributed by atoms with E-state index in [2.05, 4.69) is 10.0 Å². The lowest BCUT2D eigenvalue weighted by atomic mass is 10.2. The van der Waals surface area contributed by atoms with Crippen molar-refractivity contribution in [2.45, 2.75) is 11.8 Å². The number of anilines is 1. The second-order valence-electron chi connectivity index (χ2n) is 5.37. The summed E-state index contributed by atoms with van der Waals surface area (Å²) in [5.74, 6) is 0.432. The van der Waals surface area contributed by atoms with E-state index in [-0.39, 0.29) is 16.6 Å². The second kappa shape index (κ2) is 9.20. The molecular weight excluding hydrogens is 368 g/mol. The Morgan fingerprint density at radius 2 is 1.89 bits per heavy atom. The minimum Gasteiger partial charge on any atom is -0.495 e. The van der Waals surface area contributed by atoms with Gasteiger partial charge in [-0.15, -0.1) is 0 Å². The number of para-hydroxylation sites is 2. The Balaban J connectivity index is 2.21. The molecule has 2 rings (SSSR count). The van der Waals surface area contributed by atoms with E-state index in [0.29, 0.717) is 23.6 Å². The van der Waals surface area contributed by atoms with Crippen molar-refractivity contribution in [1.82, 2.24) is 4.72 Å². The van der Waals surface area contributed by atoms with Crippen LogP contribution in [0.25, 0.3) is 6.08 Å². The van der Waals surface area contributed by atoms with Gasteiger partial charge in [-0.3, -0.25) is 4.79 Å². The van der Waals surface area contributed by atoms with Gasteiger partial charge < -0.3 is 14.8 Å². The molecule has 2 aromatic carbocycles. The molecule has 0 fully saturated rings. The van der Waals surface area contributed by atoms with Gasteiger partial charge in [-0.2, -0.15) is 0 Å². The fourth-order valence-corrected chi connectivity index (χ4v) is 3.24. The maximum absolute atomic E-state index is 12.2. The van der Waals surface area contributed by atoms with Gasteiger partial charge in [0.25, 0.3) is 0 Å². The van der Waals surface area contributed by atoms with Gasteiger partial charge in [0, 0.05) is 6.08 Å². The van der Waals surface area contributed by atoms with Crippen molar-refractivity contribution in [3.05, 3.63) is 54.1 Å². The van der Waals surface area contributed by atoms with Crippen LogP contribution in [-0.4, -0.2) is 35.1 Å². The summed E-state index contributed by atoms with van der Waals surface area (Å²) in [5.41, 5.74) is 1.10. The number of methoxy groups -OCH3 is 1. The van der Waals surface area contributed by atoms with Gasteiger partial charge in [0.15, 0.2) is 0 Å². The fourth-order valence-electron chi connectivity index (χ4n) is 2.31. The van der Waals surface area contributed by atoms with Crippen molar-refractivity contribution in [1.29, 1.82) is 0 Å². The normalized spacial score (nSPS) is 11.4. The Labute approximate surface area is 159 Å². The van der Waals surface area contributed by atoms with Crippen LogP contribution in [0.1, 0.15) is 12.5 Å². The summed E-state index contributed by atoms with van der Waals surface area (Å²) in [6.45, 7) is 2.34. The van der Waals surface area contributed by atoms with E-state index in [1.54, 1.807) is 24.3 Å². The smallest absolute Gasteiger partial charge is 0.248 e. The molecule has 0 atom stereocenters. The lowest BCUT2D eigenvalue weighted by Gasteiger charge is -2.10. The van der Waals surface area contributed by atoms with E-state index in [0.717, 1.165) is 0 Å². The Morgan fingerprint density at radius 1 is 1.15 bits per heavy atom. The third kappa shape index (κ3) is 5.32. The van der Waals surface area contributed by atoms with Crippen LogP contribution < -0.4 is 19.5 Å². The molecule has 0 aliphatic heterocycles. The lowest BCUT2D eigenvalue weighted by molar-refractivity contribution is -0.111. The van der Waals surface area contributed by atoms with Crippen LogP contribution in [-0.2, 0) is 14.8 Å². The van der Waals surface area contributed by atoms with Crippen molar-refractivity contribution in [2.75, 3.05) is 26.1 Å². The number of hydrogen-bond acceptors (Lipinski definition) is 5. The van der Waals surface area contributed by atoms with E-state index in [1.807, 2.05) is 13.0 Å². The highest BCUT2D eigenvalue weighted by atomic mass is 32.2. The third-order valence-corrected chi connectivity index (χ3v) is 5.05. The molecule has 144 valence electrons. The number of nitrogens with one attached hydrogen (secondary N) is 2. The molecule has 0 aromatic heterocycles. The second-order valence-corrected chi connectivity index (χ2v) is 7.22. The minimum atomic E-state index is -3.69. The summed E-state index contributed by atoms with van der Waals surface area (Å²) in [6, 6.07) is 11.7. The molecule has 0 saturated carbocycles. The predicted octanol–water partition coefficient (Wildman–Crippen LogP) is 2.65. The summed E-state index contributed by atoms with van der Waals surface area (Å²) >= 11 is 0. The Kier molecular flexibility index (Phi) is 6.98. The number of rotatable bonds is 8. The molecule has 1 amide bonds. The van der Waals surface area contributed by atoms with E-state index >= 15 is 0 Å². The lowest BCUT2D eigenvalue weighted by Crippen LogP contribution is -2.19. The average Bonchev–Trinajstić information content (AvgIpc) is 2.68. The van der Waals surface area contributed by atoms with Crippen LogP contribution in [0.4, 0.5) is 5.69 Å². The summed E-state index contributed by atoms with van der Waals surface area (Å²) in [4.78, 5) is 12.2. The molecule has 8 heteroatoms. The Hall–Kier alpha value is -2.84. The molecule has 0 saturated heterocycles. The number of benzene rings is 2. The van der Waals surface area contributed by atoms with Gasteiger partial charge in [0.05, 0.1) is 19.4 Å². The van der Waals surface area contributed by atoms with Crippen LogP contribution in [0.3, 0.4) is 0 Å². The fraction of sp³-hybridized carbons (Fsp3) is 0.211. The van der Waals surface area contributed by atoms with Crippen LogP contribution in [0.15, 0.2) is 53.4 Å². The monoisotopic (exact) mass is 390 g/mol. The van der Waals surface area contributed by atoms with Crippen LogP contribution >= 0.6 is 0 Å². The SMILES string of the molecule is CCOc1ccccc1NC(=O)/C=C/c1ccc(OC)c(S(=O)(=O)NC)c1. The minimum absolute atomic E-state index is 0.00301. The first kappa shape index (κ1) is 20.5. The Bertz CT molecular complexity index is 939. The first-order valence-electron chi connectivity index (χ1n) is 8.23. The molecular formula is C19H22N2O5S. The van der Waals surface area contributed by atoms with Crippen molar-refractivity contribution in [3.8, 4) is 11.5 Å². The van der Waals surface area contributed by atoms with E-state index in [9.17, 15) is 13.2 Å². The highest BCUT2D eigenvalue weighted by Crippen LogP contribution is 2.26. The van der Waals surface area contributed by atoms with E-state index in [1.165, 1.54) is 38.4 Å². The van der Waals surface area contributed by atoms with Gasteiger partial charge in [-0.1, -0.05) is 18.2 Å². The molecule has 0 bridgehead atoms. The first-order chi connectivity index (χ1) is 12.9. The maximum Gasteiger partial charge on any atom is 0.248 e. The molecule has 0 spiro atoms. The zero-order valence-electron chi connectivity index (χ0n) is 15.4. The van der Waals surface area contributed by atoms with Crippen molar-refractivity contribution in [2.24, 2.45) is 0 Å². The molecule has 2 aromatic rings. The average molecular weight is 390 g/mol. The molecule has 0 unspecified atom stereocenters. The van der Waals surface area contributed by atoms with Crippen molar-refractivity contribution < 1.29 is 22.7 Å². The predicted molar refractivity (Wildman–Crippen MR) is 105 cm³/mol. The highest BCUT2D eigenvalue weighted by molar-refractivity contribution is 7.89. The standard InChI is InChI=1S/C19H22N2O5S/c1-4-26-16-8-6-5-7-15(16)21-19(22)12-10-14-9-11-17(25-3)18(13-14)27(23,24)20-2/h5-13,20H,4H2,1-3H3,(H,21,22)/b12-10+. The molecule has 0 heterocycles. The number of hydrogen-bond donors (Lipinski definition) is 2. The number of ether oxygens (including phenoxy) is 2. The van der Waals surface area contributed by atoms with Crippen molar-refractivity contribution in [3.63, 3.8) is 0 Å². The maximum atomic E-state index is 12.2. The van der Waals surface area contributed by atoms with E-state index < -0.39 is 10.0 Å². The number of amides is 1. The number of carbonyl (C=O) groups excluding carboxylic acids is 1. The van der Waals surface area contributed by atoms with Gasteiger partial charge in [0.1, 0.15) is 16.4 Å². The van der Waals surface area contributed by atoms with Crippen molar-refractivity contribution >= 4 is 27.7 Å².